The van der Waals surface area contributed by atoms with Crippen LogP contribution in [0, 0.1) is 5.92 Å². The van der Waals surface area contributed by atoms with Crippen LogP contribution in [0.25, 0.3) is 0 Å². The number of rotatable bonds is 5. The maximum absolute atomic E-state index is 12.3. The predicted molar refractivity (Wildman–Crippen MR) is 105 cm³/mol. The number of aliphatic hydroxyl groups excluding tert-OH is 1. The highest BCUT2D eigenvalue weighted by atomic mass is 16.3. The van der Waals surface area contributed by atoms with Crippen LogP contribution >= 0.6 is 0 Å². The summed E-state index contributed by atoms with van der Waals surface area (Å²) in [5, 5.41) is 21.5. The van der Waals surface area contributed by atoms with Gasteiger partial charge in [0.1, 0.15) is 11.9 Å². The molecule has 3 aromatic rings. The van der Waals surface area contributed by atoms with Crippen LogP contribution in [0.3, 0.4) is 0 Å². The van der Waals surface area contributed by atoms with Gasteiger partial charge in [-0.05, 0) is 43.0 Å². The Morgan fingerprint density at radius 1 is 1.14 bits per heavy atom. The standard InChI is InChI=1S/C20H22N6O2/c27-18(19-21-10-11-22-19)14-8-12-26(13-9-14)17-7-6-16(24-25-17)20(28)23-15-4-2-1-3-5-15/h1-7,10-11,14,18,27H,8-9,12-13H2,(H,21,22)(H,23,28). The third-order valence-corrected chi connectivity index (χ3v) is 5.02. The maximum atomic E-state index is 12.3. The van der Waals surface area contributed by atoms with Crippen LogP contribution in [0.1, 0.15) is 35.3 Å². The molecule has 1 amide bonds. The van der Waals surface area contributed by atoms with Crippen LogP contribution in [-0.4, -0.2) is 44.3 Å². The minimum Gasteiger partial charge on any atom is -0.385 e. The normalized spacial score (nSPS) is 16.0. The zero-order valence-corrected chi connectivity index (χ0v) is 15.3. The van der Waals surface area contributed by atoms with Crippen LogP contribution < -0.4 is 10.2 Å². The molecule has 144 valence electrons. The number of carbonyl (C=O) groups excluding carboxylic acids is 1. The minimum absolute atomic E-state index is 0.159. The number of benzene rings is 1. The number of hydrogen-bond acceptors (Lipinski definition) is 6. The molecule has 8 nitrogen and oxygen atoms in total. The Balaban J connectivity index is 1.34. The summed E-state index contributed by atoms with van der Waals surface area (Å²) in [6.07, 6.45) is 4.46. The second kappa shape index (κ2) is 8.18. The zero-order chi connectivity index (χ0) is 19.3. The van der Waals surface area contributed by atoms with Gasteiger partial charge in [-0.1, -0.05) is 18.2 Å². The summed E-state index contributed by atoms with van der Waals surface area (Å²) < 4.78 is 0. The van der Waals surface area contributed by atoms with Crippen molar-refractivity contribution in [3.05, 3.63) is 66.4 Å². The van der Waals surface area contributed by atoms with Crippen LogP contribution in [0.2, 0.25) is 0 Å². The number of imidazole rings is 1. The van der Waals surface area contributed by atoms with Gasteiger partial charge in [-0.25, -0.2) is 4.98 Å². The van der Waals surface area contributed by atoms with Gasteiger partial charge >= 0.3 is 0 Å². The predicted octanol–water partition coefficient (Wildman–Crippen LogP) is 2.40. The second-order valence-corrected chi connectivity index (χ2v) is 6.84. The van der Waals surface area contributed by atoms with Crippen LogP contribution in [0.15, 0.2) is 54.9 Å². The van der Waals surface area contributed by atoms with E-state index in [1.165, 1.54) is 0 Å². The molecular weight excluding hydrogens is 356 g/mol. The molecule has 0 spiro atoms. The molecule has 0 aliphatic carbocycles. The molecule has 1 aromatic carbocycles. The summed E-state index contributed by atoms with van der Waals surface area (Å²) >= 11 is 0. The SMILES string of the molecule is O=C(Nc1ccccc1)c1ccc(N2CCC(C(O)c3ncc[nH]3)CC2)nn1. The van der Waals surface area contributed by atoms with Gasteiger partial charge in [-0.3, -0.25) is 4.79 Å². The number of carbonyl (C=O) groups is 1. The molecule has 1 atom stereocenters. The number of hydrogen-bond donors (Lipinski definition) is 3. The van der Waals surface area contributed by atoms with Gasteiger partial charge in [-0.2, -0.15) is 0 Å². The van der Waals surface area contributed by atoms with Crippen molar-refractivity contribution in [2.45, 2.75) is 18.9 Å². The van der Waals surface area contributed by atoms with Crippen LogP contribution in [0.4, 0.5) is 11.5 Å². The average Bonchev–Trinajstić information content (AvgIpc) is 3.29. The van der Waals surface area contributed by atoms with Crippen LogP contribution in [-0.2, 0) is 0 Å². The highest BCUT2D eigenvalue weighted by molar-refractivity contribution is 6.02. The van der Waals surface area contributed by atoms with E-state index in [-0.39, 0.29) is 17.5 Å². The molecule has 2 aromatic heterocycles. The summed E-state index contributed by atoms with van der Waals surface area (Å²) in [5.41, 5.74) is 0.992. The van der Waals surface area contributed by atoms with Gasteiger partial charge in [0.05, 0.1) is 0 Å². The Kier molecular flexibility index (Phi) is 5.29. The molecule has 3 heterocycles. The Hall–Kier alpha value is -3.26. The van der Waals surface area contributed by atoms with Gasteiger partial charge in [0, 0.05) is 31.2 Å². The molecule has 0 saturated carbocycles. The Morgan fingerprint density at radius 2 is 1.93 bits per heavy atom. The molecular formula is C20H22N6O2. The number of H-pyrrole nitrogens is 1. The van der Waals surface area contributed by atoms with Gasteiger partial charge in [0.2, 0.25) is 0 Å². The van der Waals surface area contributed by atoms with E-state index in [2.05, 4.69) is 30.4 Å². The van der Waals surface area contributed by atoms with E-state index in [4.69, 9.17) is 0 Å². The number of nitrogens with zero attached hydrogens (tertiary/aromatic N) is 4. The number of piperidine rings is 1. The average molecular weight is 378 g/mol. The molecule has 1 fully saturated rings. The minimum atomic E-state index is -0.577. The lowest BCUT2D eigenvalue weighted by Crippen LogP contribution is -2.36. The highest BCUT2D eigenvalue weighted by Crippen LogP contribution is 2.30. The number of aromatic nitrogens is 4. The first-order valence-corrected chi connectivity index (χ1v) is 9.33. The summed E-state index contributed by atoms with van der Waals surface area (Å²) in [5.74, 6) is 1.23. The van der Waals surface area contributed by atoms with E-state index in [1.54, 1.807) is 18.5 Å². The Labute approximate surface area is 162 Å². The lowest BCUT2D eigenvalue weighted by molar-refractivity contribution is 0.0856. The fraction of sp³-hybridized carbons (Fsp3) is 0.300. The van der Waals surface area contributed by atoms with Crippen molar-refractivity contribution in [3.8, 4) is 0 Å². The first kappa shape index (κ1) is 18.1. The van der Waals surface area contributed by atoms with Gasteiger partial charge in [-0.15, -0.1) is 10.2 Å². The van der Waals surface area contributed by atoms with Crippen molar-refractivity contribution in [2.24, 2.45) is 5.92 Å². The highest BCUT2D eigenvalue weighted by Gasteiger charge is 2.28. The summed E-state index contributed by atoms with van der Waals surface area (Å²) in [6.45, 7) is 1.54. The lowest BCUT2D eigenvalue weighted by atomic mass is 9.91. The first-order chi connectivity index (χ1) is 13.7. The maximum Gasteiger partial charge on any atom is 0.276 e. The van der Waals surface area contributed by atoms with E-state index in [0.29, 0.717) is 5.82 Å². The second-order valence-electron chi connectivity index (χ2n) is 6.84. The van der Waals surface area contributed by atoms with Crippen molar-refractivity contribution in [1.82, 2.24) is 20.2 Å². The van der Waals surface area contributed by atoms with Gasteiger partial charge in [0.15, 0.2) is 11.5 Å². The molecule has 8 heteroatoms. The summed E-state index contributed by atoms with van der Waals surface area (Å²) in [6, 6.07) is 12.7. The monoisotopic (exact) mass is 378 g/mol. The van der Waals surface area contributed by atoms with E-state index < -0.39 is 6.10 Å². The van der Waals surface area contributed by atoms with E-state index in [1.807, 2.05) is 36.4 Å². The smallest absolute Gasteiger partial charge is 0.276 e. The number of aromatic amines is 1. The largest absolute Gasteiger partial charge is 0.385 e. The first-order valence-electron chi connectivity index (χ1n) is 9.33. The topological polar surface area (TPSA) is 107 Å². The van der Waals surface area contributed by atoms with Crippen molar-refractivity contribution in [3.63, 3.8) is 0 Å². The number of para-hydroxylation sites is 1. The number of anilines is 2. The molecule has 0 radical (unpaired) electrons. The zero-order valence-electron chi connectivity index (χ0n) is 15.3. The van der Waals surface area contributed by atoms with E-state index in [9.17, 15) is 9.90 Å². The van der Waals surface area contributed by atoms with Crippen molar-refractivity contribution in [2.75, 3.05) is 23.3 Å². The van der Waals surface area contributed by atoms with Gasteiger partial charge < -0.3 is 20.3 Å². The Morgan fingerprint density at radius 3 is 2.57 bits per heavy atom. The molecule has 28 heavy (non-hydrogen) atoms. The molecule has 1 unspecified atom stereocenters. The fourth-order valence-corrected chi connectivity index (χ4v) is 3.44. The quantitative estimate of drug-likeness (QED) is 0.629. The van der Waals surface area contributed by atoms with E-state index >= 15 is 0 Å². The molecule has 1 aliphatic heterocycles. The number of nitrogens with one attached hydrogen (secondary N) is 2. The third-order valence-electron chi connectivity index (χ3n) is 5.02. The molecule has 3 N–H and O–H groups in total. The number of amides is 1. The van der Waals surface area contributed by atoms with Gasteiger partial charge in [0.25, 0.3) is 5.91 Å². The molecule has 1 aliphatic rings. The fourth-order valence-electron chi connectivity index (χ4n) is 3.44. The summed E-state index contributed by atoms with van der Waals surface area (Å²) in [4.78, 5) is 21.5. The Bertz CT molecular complexity index is 890. The summed E-state index contributed by atoms with van der Waals surface area (Å²) in [7, 11) is 0. The van der Waals surface area contributed by atoms with Crippen molar-refractivity contribution in [1.29, 1.82) is 0 Å². The van der Waals surface area contributed by atoms with Crippen molar-refractivity contribution < 1.29 is 9.90 Å². The molecule has 0 bridgehead atoms. The molecule has 1 saturated heterocycles. The van der Waals surface area contributed by atoms with E-state index in [0.717, 1.165) is 37.4 Å². The molecule has 4 rings (SSSR count). The lowest BCUT2D eigenvalue weighted by Gasteiger charge is -2.34. The third kappa shape index (κ3) is 4.01. The van der Waals surface area contributed by atoms with Crippen LogP contribution in [0.5, 0.6) is 0 Å². The van der Waals surface area contributed by atoms with Crippen molar-refractivity contribution >= 4 is 17.4 Å². The number of aliphatic hydroxyl groups is 1.